The van der Waals surface area contributed by atoms with Crippen LogP contribution in [-0.4, -0.2) is 19.8 Å². The summed E-state index contributed by atoms with van der Waals surface area (Å²) in [5.41, 5.74) is 0.123. The number of nitrogens with one attached hydrogen (secondary N) is 1. The Bertz CT molecular complexity index is 436. The Morgan fingerprint density at radius 3 is 2.89 bits per heavy atom. The third kappa shape index (κ3) is 3.33. The first kappa shape index (κ1) is 14.9. The molecule has 106 valence electrons. The Hall–Kier alpha value is -0.520. The standard InChI is InChI=1S/C14H18BrF2NO/c1-2-6-18-14(9-5-7-19-8-9)12-11(16)4-3-10(15)13(12)17/h3-4,9,14,18H,2,5-8H2,1H3. The van der Waals surface area contributed by atoms with E-state index in [1.807, 2.05) is 6.92 Å². The van der Waals surface area contributed by atoms with Gasteiger partial charge in [0.2, 0.25) is 0 Å². The zero-order chi connectivity index (χ0) is 13.8. The first-order valence-corrected chi connectivity index (χ1v) is 7.39. The average Bonchev–Trinajstić information content (AvgIpc) is 2.92. The monoisotopic (exact) mass is 333 g/mol. The van der Waals surface area contributed by atoms with E-state index in [1.165, 1.54) is 12.1 Å². The molecule has 1 aromatic rings. The highest BCUT2D eigenvalue weighted by molar-refractivity contribution is 9.10. The molecule has 19 heavy (non-hydrogen) atoms. The quantitative estimate of drug-likeness (QED) is 0.827. The van der Waals surface area contributed by atoms with E-state index >= 15 is 0 Å². The molecule has 1 N–H and O–H groups in total. The molecule has 1 saturated heterocycles. The molecule has 0 radical (unpaired) electrons. The fourth-order valence-corrected chi connectivity index (χ4v) is 2.79. The highest BCUT2D eigenvalue weighted by atomic mass is 79.9. The number of hydrogen-bond acceptors (Lipinski definition) is 2. The van der Waals surface area contributed by atoms with E-state index in [-0.39, 0.29) is 17.5 Å². The van der Waals surface area contributed by atoms with Gasteiger partial charge in [0.05, 0.1) is 11.1 Å². The van der Waals surface area contributed by atoms with E-state index in [2.05, 4.69) is 21.2 Å². The number of benzene rings is 1. The number of halogens is 3. The van der Waals surface area contributed by atoms with E-state index in [0.717, 1.165) is 19.4 Å². The minimum atomic E-state index is -0.513. The molecule has 5 heteroatoms. The van der Waals surface area contributed by atoms with Crippen LogP contribution in [0, 0.1) is 17.6 Å². The molecule has 0 aromatic heterocycles. The summed E-state index contributed by atoms with van der Waals surface area (Å²) in [6.07, 6.45) is 1.74. The van der Waals surface area contributed by atoms with Crippen LogP contribution in [0.15, 0.2) is 16.6 Å². The van der Waals surface area contributed by atoms with Gasteiger partial charge in [0.25, 0.3) is 0 Å². The van der Waals surface area contributed by atoms with Gasteiger partial charge in [0.1, 0.15) is 11.6 Å². The lowest BCUT2D eigenvalue weighted by Gasteiger charge is -2.25. The second-order valence-corrected chi connectivity index (χ2v) is 5.67. The lowest BCUT2D eigenvalue weighted by molar-refractivity contribution is 0.175. The zero-order valence-corrected chi connectivity index (χ0v) is 12.5. The van der Waals surface area contributed by atoms with Gasteiger partial charge in [-0.25, -0.2) is 8.78 Å². The number of hydrogen-bond donors (Lipinski definition) is 1. The van der Waals surface area contributed by atoms with E-state index in [1.54, 1.807) is 0 Å². The molecular formula is C14H18BrF2NO. The summed E-state index contributed by atoms with van der Waals surface area (Å²) in [7, 11) is 0. The Kier molecular flexibility index (Phi) is 5.30. The maximum absolute atomic E-state index is 14.2. The Morgan fingerprint density at radius 2 is 2.26 bits per heavy atom. The van der Waals surface area contributed by atoms with Crippen LogP contribution < -0.4 is 5.32 Å². The van der Waals surface area contributed by atoms with Crippen LogP contribution in [-0.2, 0) is 4.74 Å². The highest BCUT2D eigenvalue weighted by Crippen LogP contribution is 2.34. The predicted molar refractivity (Wildman–Crippen MR) is 74.0 cm³/mol. The SMILES string of the molecule is CCCNC(c1c(F)ccc(Br)c1F)C1CCOC1. The molecule has 0 aliphatic carbocycles. The van der Waals surface area contributed by atoms with Gasteiger partial charge in [-0.3, -0.25) is 0 Å². The normalized spacial score (nSPS) is 20.7. The Balaban J connectivity index is 2.33. The van der Waals surface area contributed by atoms with E-state index in [0.29, 0.717) is 17.7 Å². The van der Waals surface area contributed by atoms with Crippen molar-refractivity contribution in [1.82, 2.24) is 5.32 Å². The van der Waals surface area contributed by atoms with Crippen molar-refractivity contribution in [2.24, 2.45) is 5.92 Å². The molecular weight excluding hydrogens is 316 g/mol. The van der Waals surface area contributed by atoms with Gasteiger partial charge in [-0.05, 0) is 47.4 Å². The molecule has 1 aliphatic heterocycles. The molecule has 2 atom stereocenters. The van der Waals surface area contributed by atoms with Crippen LogP contribution in [0.3, 0.4) is 0 Å². The third-order valence-electron chi connectivity index (χ3n) is 3.44. The van der Waals surface area contributed by atoms with Crippen molar-refractivity contribution in [3.8, 4) is 0 Å². The molecule has 2 unspecified atom stereocenters. The van der Waals surface area contributed by atoms with Crippen LogP contribution in [0.5, 0.6) is 0 Å². The summed E-state index contributed by atoms with van der Waals surface area (Å²) in [5, 5.41) is 3.26. The van der Waals surface area contributed by atoms with Gasteiger partial charge in [0.15, 0.2) is 0 Å². The first-order valence-electron chi connectivity index (χ1n) is 6.59. The van der Waals surface area contributed by atoms with Crippen molar-refractivity contribution >= 4 is 15.9 Å². The van der Waals surface area contributed by atoms with Crippen LogP contribution in [0.25, 0.3) is 0 Å². The van der Waals surface area contributed by atoms with Gasteiger partial charge >= 0.3 is 0 Å². The van der Waals surface area contributed by atoms with Crippen molar-refractivity contribution < 1.29 is 13.5 Å². The molecule has 0 amide bonds. The van der Waals surface area contributed by atoms with Gasteiger partial charge in [-0.2, -0.15) is 0 Å². The second-order valence-electron chi connectivity index (χ2n) is 4.81. The summed E-state index contributed by atoms with van der Waals surface area (Å²) < 4.78 is 33.9. The fourth-order valence-electron chi connectivity index (χ4n) is 2.45. The van der Waals surface area contributed by atoms with Gasteiger partial charge in [-0.15, -0.1) is 0 Å². The Morgan fingerprint density at radius 1 is 1.47 bits per heavy atom. The minimum Gasteiger partial charge on any atom is -0.381 e. The largest absolute Gasteiger partial charge is 0.381 e. The molecule has 1 fully saturated rings. The summed E-state index contributed by atoms with van der Waals surface area (Å²) in [4.78, 5) is 0. The molecule has 1 aromatic carbocycles. The highest BCUT2D eigenvalue weighted by Gasteiger charge is 2.31. The molecule has 1 aliphatic rings. The average molecular weight is 334 g/mol. The lowest BCUT2D eigenvalue weighted by Crippen LogP contribution is -2.31. The maximum Gasteiger partial charge on any atom is 0.145 e. The number of ether oxygens (including phenoxy) is 1. The predicted octanol–water partition coefficient (Wildman–Crippen LogP) is 3.80. The zero-order valence-electron chi connectivity index (χ0n) is 10.9. The molecule has 0 bridgehead atoms. The lowest BCUT2D eigenvalue weighted by atomic mass is 9.91. The third-order valence-corrected chi connectivity index (χ3v) is 4.05. The van der Waals surface area contributed by atoms with Crippen molar-refractivity contribution in [2.75, 3.05) is 19.8 Å². The van der Waals surface area contributed by atoms with E-state index in [4.69, 9.17) is 4.74 Å². The van der Waals surface area contributed by atoms with Gasteiger partial charge in [-0.1, -0.05) is 6.92 Å². The summed E-state index contributed by atoms with van der Waals surface area (Å²) in [6.45, 7) is 3.97. The molecule has 0 saturated carbocycles. The van der Waals surface area contributed by atoms with Gasteiger partial charge in [0, 0.05) is 24.1 Å². The van der Waals surface area contributed by atoms with Crippen molar-refractivity contribution in [1.29, 1.82) is 0 Å². The smallest absolute Gasteiger partial charge is 0.145 e. The topological polar surface area (TPSA) is 21.3 Å². The van der Waals surface area contributed by atoms with Gasteiger partial charge < -0.3 is 10.1 Å². The Labute approximate surface area is 120 Å². The molecule has 1 heterocycles. The summed E-state index contributed by atoms with van der Waals surface area (Å²) in [5.74, 6) is -0.897. The van der Waals surface area contributed by atoms with Crippen LogP contribution in [0.1, 0.15) is 31.4 Å². The second kappa shape index (κ2) is 6.77. The molecule has 0 spiro atoms. The van der Waals surface area contributed by atoms with E-state index in [9.17, 15) is 8.78 Å². The summed E-state index contributed by atoms with van der Waals surface area (Å²) in [6, 6.07) is 2.37. The van der Waals surface area contributed by atoms with Crippen molar-refractivity contribution in [2.45, 2.75) is 25.8 Å². The maximum atomic E-state index is 14.2. The molecule has 2 nitrogen and oxygen atoms in total. The van der Waals surface area contributed by atoms with Crippen LogP contribution >= 0.6 is 15.9 Å². The van der Waals surface area contributed by atoms with Crippen molar-refractivity contribution in [3.05, 3.63) is 33.8 Å². The minimum absolute atomic E-state index is 0.116. The fraction of sp³-hybridized carbons (Fsp3) is 0.571. The number of rotatable bonds is 5. The van der Waals surface area contributed by atoms with Crippen LogP contribution in [0.4, 0.5) is 8.78 Å². The first-order chi connectivity index (χ1) is 9.15. The van der Waals surface area contributed by atoms with E-state index < -0.39 is 11.6 Å². The van der Waals surface area contributed by atoms with Crippen molar-refractivity contribution in [3.63, 3.8) is 0 Å². The van der Waals surface area contributed by atoms with Crippen LogP contribution in [0.2, 0.25) is 0 Å². The molecule has 2 rings (SSSR count). The summed E-state index contributed by atoms with van der Waals surface area (Å²) >= 11 is 3.12.